The summed E-state index contributed by atoms with van der Waals surface area (Å²) in [4.78, 5) is 6.72. The van der Waals surface area contributed by atoms with Crippen molar-refractivity contribution in [2.45, 2.75) is 33.5 Å². The summed E-state index contributed by atoms with van der Waals surface area (Å²) in [5.41, 5.74) is 3.65. The average Bonchev–Trinajstić information content (AvgIpc) is 2.78. The first-order chi connectivity index (χ1) is 14.1. The fraction of sp³-hybridized carbons (Fsp3) is 0.435. The summed E-state index contributed by atoms with van der Waals surface area (Å²) in [6, 6.07) is 14.6. The number of methoxy groups -OCH3 is 2. The van der Waals surface area contributed by atoms with E-state index in [0.717, 1.165) is 49.2 Å². The summed E-state index contributed by atoms with van der Waals surface area (Å²) in [6.45, 7) is 8.89. The lowest BCUT2D eigenvalue weighted by molar-refractivity contribution is 0.296. The van der Waals surface area contributed by atoms with E-state index in [1.165, 1.54) is 11.1 Å². The van der Waals surface area contributed by atoms with Gasteiger partial charge in [-0.2, -0.15) is 0 Å². The fourth-order valence-electron chi connectivity index (χ4n) is 3.05. The quantitative estimate of drug-likeness (QED) is 0.474. The highest BCUT2D eigenvalue weighted by Gasteiger charge is 2.06. The van der Waals surface area contributed by atoms with Gasteiger partial charge in [-0.25, -0.2) is 0 Å². The zero-order valence-corrected chi connectivity index (χ0v) is 18.3. The van der Waals surface area contributed by atoms with Gasteiger partial charge in [-0.15, -0.1) is 0 Å². The third-order valence-electron chi connectivity index (χ3n) is 4.92. The smallest absolute Gasteiger partial charge is 0.191 e. The van der Waals surface area contributed by atoms with Gasteiger partial charge in [-0.1, -0.05) is 44.2 Å². The van der Waals surface area contributed by atoms with Crippen LogP contribution in [0, 0.1) is 0 Å². The molecule has 6 heteroatoms. The highest BCUT2D eigenvalue weighted by atomic mass is 16.5. The zero-order chi connectivity index (χ0) is 21.1. The van der Waals surface area contributed by atoms with Gasteiger partial charge in [0, 0.05) is 26.7 Å². The van der Waals surface area contributed by atoms with E-state index >= 15 is 0 Å². The molecular formula is C23H34N4O2. The van der Waals surface area contributed by atoms with Crippen molar-refractivity contribution >= 4 is 5.96 Å². The largest absolute Gasteiger partial charge is 0.493 e. The van der Waals surface area contributed by atoms with E-state index in [-0.39, 0.29) is 0 Å². The molecule has 2 aromatic rings. The van der Waals surface area contributed by atoms with Crippen molar-refractivity contribution < 1.29 is 9.47 Å². The maximum absolute atomic E-state index is 5.36. The molecule has 0 aromatic heterocycles. The Labute approximate surface area is 174 Å². The Kier molecular flexibility index (Phi) is 9.31. The maximum Gasteiger partial charge on any atom is 0.191 e. The molecule has 0 saturated carbocycles. The topological polar surface area (TPSA) is 58.1 Å². The summed E-state index contributed by atoms with van der Waals surface area (Å²) < 4.78 is 10.6. The molecule has 158 valence electrons. The summed E-state index contributed by atoms with van der Waals surface area (Å²) >= 11 is 0. The minimum atomic E-state index is 0.642. The lowest BCUT2D eigenvalue weighted by atomic mass is 10.1. The molecule has 2 rings (SSSR count). The van der Waals surface area contributed by atoms with Gasteiger partial charge in [0.05, 0.1) is 14.2 Å². The Bertz CT molecular complexity index is 771. The number of guanidine groups is 1. The number of hydrogen-bond acceptors (Lipinski definition) is 4. The Morgan fingerprint density at radius 2 is 1.38 bits per heavy atom. The molecule has 0 heterocycles. The normalized spacial score (nSPS) is 11.4. The second-order valence-corrected chi connectivity index (χ2v) is 6.75. The van der Waals surface area contributed by atoms with Crippen molar-refractivity contribution in [2.24, 2.45) is 4.99 Å². The number of nitrogens with zero attached hydrogens (tertiary/aromatic N) is 2. The van der Waals surface area contributed by atoms with Crippen LogP contribution in [0.5, 0.6) is 11.5 Å². The molecule has 0 fully saturated rings. The molecule has 0 unspecified atom stereocenters. The van der Waals surface area contributed by atoms with Crippen LogP contribution in [-0.4, -0.2) is 45.2 Å². The number of rotatable bonds is 10. The summed E-state index contributed by atoms with van der Waals surface area (Å²) in [7, 11) is 5.05. The molecule has 0 spiro atoms. The highest BCUT2D eigenvalue weighted by molar-refractivity contribution is 5.79. The van der Waals surface area contributed by atoms with E-state index in [1.807, 2.05) is 18.2 Å². The third-order valence-corrected chi connectivity index (χ3v) is 4.92. The van der Waals surface area contributed by atoms with Crippen LogP contribution < -0.4 is 20.1 Å². The molecule has 29 heavy (non-hydrogen) atoms. The number of aliphatic imine (C=N–C) groups is 1. The number of nitrogens with one attached hydrogen (secondary N) is 2. The minimum Gasteiger partial charge on any atom is -0.493 e. The van der Waals surface area contributed by atoms with Crippen molar-refractivity contribution in [1.29, 1.82) is 0 Å². The first-order valence-electron chi connectivity index (χ1n) is 10.1. The van der Waals surface area contributed by atoms with Crippen LogP contribution in [0.4, 0.5) is 0 Å². The van der Waals surface area contributed by atoms with Crippen LogP contribution >= 0.6 is 0 Å². The van der Waals surface area contributed by atoms with Gasteiger partial charge < -0.3 is 20.1 Å². The molecule has 0 aliphatic rings. The third kappa shape index (κ3) is 6.98. The number of hydrogen-bond donors (Lipinski definition) is 2. The van der Waals surface area contributed by atoms with Gasteiger partial charge in [0.1, 0.15) is 0 Å². The summed E-state index contributed by atoms with van der Waals surface area (Å²) in [5.74, 6) is 2.20. The summed E-state index contributed by atoms with van der Waals surface area (Å²) in [6.07, 6.45) is 0. The van der Waals surface area contributed by atoms with Crippen molar-refractivity contribution in [3.05, 3.63) is 59.2 Å². The highest BCUT2D eigenvalue weighted by Crippen LogP contribution is 2.27. The van der Waals surface area contributed by atoms with Crippen LogP contribution in [0.3, 0.4) is 0 Å². The van der Waals surface area contributed by atoms with Crippen LogP contribution in [-0.2, 0) is 19.6 Å². The van der Waals surface area contributed by atoms with E-state index in [2.05, 4.69) is 58.6 Å². The van der Waals surface area contributed by atoms with Crippen LogP contribution in [0.25, 0.3) is 0 Å². The molecule has 2 N–H and O–H groups in total. The van der Waals surface area contributed by atoms with Crippen molar-refractivity contribution in [3.8, 4) is 11.5 Å². The Morgan fingerprint density at radius 3 is 1.93 bits per heavy atom. The second kappa shape index (κ2) is 12.0. The van der Waals surface area contributed by atoms with Gasteiger partial charge >= 0.3 is 0 Å². The molecular weight excluding hydrogens is 364 g/mol. The standard InChI is InChI=1S/C23H34N4O2/c1-6-27(7-2)17-19-10-8-18(9-11-19)15-25-23(24-3)26-16-20-12-13-21(28-4)22(14-20)29-5/h8-14H,6-7,15-17H2,1-5H3,(H2,24,25,26). The summed E-state index contributed by atoms with van der Waals surface area (Å²) in [5, 5.41) is 6.70. The van der Waals surface area contributed by atoms with Crippen molar-refractivity contribution in [2.75, 3.05) is 34.4 Å². The fourth-order valence-corrected chi connectivity index (χ4v) is 3.05. The average molecular weight is 399 g/mol. The predicted octanol–water partition coefficient (Wildman–Crippen LogP) is 3.41. The van der Waals surface area contributed by atoms with Gasteiger partial charge in [0.2, 0.25) is 0 Å². The lowest BCUT2D eigenvalue weighted by Crippen LogP contribution is -2.36. The molecule has 6 nitrogen and oxygen atoms in total. The molecule has 0 aliphatic carbocycles. The van der Waals surface area contributed by atoms with Crippen LogP contribution in [0.15, 0.2) is 47.5 Å². The first-order valence-corrected chi connectivity index (χ1v) is 10.1. The van der Waals surface area contributed by atoms with Crippen LogP contribution in [0.2, 0.25) is 0 Å². The van der Waals surface area contributed by atoms with Gasteiger partial charge in [0.15, 0.2) is 17.5 Å². The molecule has 0 bridgehead atoms. The van der Waals surface area contributed by atoms with E-state index in [0.29, 0.717) is 6.54 Å². The van der Waals surface area contributed by atoms with E-state index < -0.39 is 0 Å². The van der Waals surface area contributed by atoms with Crippen molar-refractivity contribution in [3.63, 3.8) is 0 Å². The van der Waals surface area contributed by atoms with E-state index in [9.17, 15) is 0 Å². The Morgan fingerprint density at radius 1 is 0.828 bits per heavy atom. The molecule has 0 atom stereocenters. The van der Waals surface area contributed by atoms with E-state index in [1.54, 1.807) is 21.3 Å². The lowest BCUT2D eigenvalue weighted by Gasteiger charge is -2.18. The number of ether oxygens (including phenoxy) is 2. The second-order valence-electron chi connectivity index (χ2n) is 6.75. The van der Waals surface area contributed by atoms with Crippen LogP contribution in [0.1, 0.15) is 30.5 Å². The Hall–Kier alpha value is -2.73. The zero-order valence-electron chi connectivity index (χ0n) is 18.3. The molecule has 0 radical (unpaired) electrons. The molecule has 0 saturated heterocycles. The monoisotopic (exact) mass is 398 g/mol. The molecule has 0 amide bonds. The maximum atomic E-state index is 5.36. The SMILES string of the molecule is CCN(CC)Cc1ccc(CNC(=NC)NCc2ccc(OC)c(OC)c2)cc1. The number of benzene rings is 2. The minimum absolute atomic E-state index is 0.642. The van der Waals surface area contributed by atoms with Gasteiger partial charge in [-0.3, -0.25) is 9.89 Å². The van der Waals surface area contributed by atoms with Crippen molar-refractivity contribution in [1.82, 2.24) is 15.5 Å². The first kappa shape index (κ1) is 22.6. The molecule has 2 aromatic carbocycles. The van der Waals surface area contributed by atoms with E-state index in [4.69, 9.17) is 9.47 Å². The van der Waals surface area contributed by atoms with Gasteiger partial charge in [0.25, 0.3) is 0 Å². The van der Waals surface area contributed by atoms with Gasteiger partial charge in [-0.05, 0) is 41.9 Å². The predicted molar refractivity (Wildman–Crippen MR) is 120 cm³/mol. The Balaban J connectivity index is 1.86. The molecule has 0 aliphatic heterocycles.